The maximum absolute atomic E-state index is 6.47. The Kier molecular flexibility index (Phi) is 4.61. The molecule has 0 atom stereocenters. The van der Waals surface area contributed by atoms with Crippen molar-refractivity contribution in [3.05, 3.63) is 39.7 Å². The summed E-state index contributed by atoms with van der Waals surface area (Å²) in [6.07, 6.45) is 2.91. The fourth-order valence-corrected chi connectivity index (χ4v) is 3.51. The van der Waals surface area contributed by atoms with Crippen molar-refractivity contribution in [1.82, 2.24) is 4.98 Å². The number of benzene rings is 1. The lowest BCUT2D eigenvalue weighted by atomic mass is 9.95. The van der Waals surface area contributed by atoms with Gasteiger partial charge in [-0.05, 0) is 31.7 Å². The number of nitrogens with zero attached hydrogens (tertiary/aromatic N) is 1. The lowest BCUT2D eigenvalue weighted by Crippen LogP contribution is -2.34. The van der Waals surface area contributed by atoms with Gasteiger partial charge in [0.2, 0.25) is 0 Å². The lowest BCUT2D eigenvalue weighted by Gasteiger charge is -2.23. The van der Waals surface area contributed by atoms with Gasteiger partial charge in [0.15, 0.2) is 0 Å². The van der Waals surface area contributed by atoms with Crippen LogP contribution in [0.2, 0.25) is 0 Å². The van der Waals surface area contributed by atoms with E-state index in [1.54, 1.807) is 11.3 Å². The summed E-state index contributed by atoms with van der Waals surface area (Å²) in [6.45, 7) is 8.58. The van der Waals surface area contributed by atoms with Crippen LogP contribution in [0, 0.1) is 6.92 Å². The number of hydrogen-bond acceptors (Lipinski definition) is 3. The molecule has 0 aliphatic rings. The second kappa shape index (κ2) is 6.06. The van der Waals surface area contributed by atoms with E-state index in [2.05, 4.69) is 52.0 Å². The first-order valence-electron chi connectivity index (χ1n) is 7.40. The highest BCUT2D eigenvalue weighted by Gasteiger charge is 2.27. The summed E-state index contributed by atoms with van der Waals surface area (Å²) in [5.41, 5.74) is 9.83. The van der Waals surface area contributed by atoms with Crippen molar-refractivity contribution in [1.29, 1.82) is 0 Å². The highest BCUT2D eigenvalue weighted by molar-refractivity contribution is 7.12. The van der Waals surface area contributed by atoms with Gasteiger partial charge in [0.25, 0.3) is 0 Å². The van der Waals surface area contributed by atoms with E-state index < -0.39 is 0 Å². The van der Waals surface area contributed by atoms with Crippen LogP contribution < -0.4 is 5.73 Å². The number of aryl methyl sites for hydroxylation is 2. The van der Waals surface area contributed by atoms with E-state index in [0.717, 1.165) is 30.0 Å². The molecule has 0 unspecified atom stereocenters. The Morgan fingerprint density at radius 3 is 2.20 bits per heavy atom. The van der Waals surface area contributed by atoms with E-state index in [4.69, 9.17) is 10.7 Å². The Morgan fingerprint density at radius 2 is 1.70 bits per heavy atom. The zero-order valence-corrected chi connectivity index (χ0v) is 13.7. The molecule has 0 bridgehead atoms. The van der Waals surface area contributed by atoms with E-state index >= 15 is 0 Å². The molecule has 1 heterocycles. The number of aromatic nitrogens is 1. The third-order valence-corrected chi connectivity index (χ3v) is 5.31. The molecule has 1 aromatic heterocycles. The molecule has 0 radical (unpaired) electrons. The van der Waals surface area contributed by atoms with Crippen LogP contribution in [-0.4, -0.2) is 4.98 Å². The van der Waals surface area contributed by atoms with Crippen LogP contribution in [0.3, 0.4) is 0 Å². The van der Waals surface area contributed by atoms with Gasteiger partial charge in [-0.2, -0.15) is 0 Å². The van der Waals surface area contributed by atoms with Crippen LogP contribution in [0.25, 0.3) is 11.3 Å². The maximum Gasteiger partial charge on any atom is 0.113 e. The first-order chi connectivity index (χ1) is 9.54. The van der Waals surface area contributed by atoms with Crippen molar-refractivity contribution >= 4 is 11.3 Å². The molecule has 0 aliphatic heterocycles. The zero-order valence-electron chi connectivity index (χ0n) is 12.9. The van der Waals surface area contributed by atoms with E-state index in [0.29, 0.717) is 0 Å². The summed E-state index contributed by atoms with van der Waals surface area (Å²) < 4.78 is 0. The van der Waals surface area contributed by atoms with Crippen LogP contribution in [-0.2, 0) is 12.0 Å². The van der Waals surface area contributed by atoms with Crippen molar-refractivity contribution in [2.75, 3.05) is 0 Å². The number of nitrogens with two attached hydrogens (primary N) is 1. The van der Waals surface area contributed by atoms with Crippen molar-refractivity contribution in [3.63, 3.8) is 0 Å². The van der Waals surface area contributed by atoms with Crippen molar-refractivity contribution in [2.45, 2.75) is 52.5 Å². The highest BCUT2D eigenvalue weighted by atomic mass is 32.1. The molecule has 20 heavy (non-hydrogen) atoms. The van der Waals surface area contributed by atoms with Gasteiger partial charge in [-0.15, -0.1) is 11.3 Å². The number of rotatable bonds is 5. The fraction of sp³-hybridized carbons (Fsp3) is 0.471. The molecule has 2 nitrogen and oxygen atoms in total. The van der Waals surface area contributed by atoms with Crippen molar-refractivity contribution in [2.24, 2.45) is 5.73 Å². The second-order valence-electron chi connectivity index (χ2n) is 5.34. The normalized spacial score (nSPS) is 11.8. The third-order valence-electron chi connectivity index (χ3n) is 4.12. The van der Waals surface area contributed by atoms with Gasteiger partial charge in [0, 0.05) is 10.4 Å². The summed E-state index contributed by atoms with van der Waals surface area (Å²) in [7, 11) is 0. The van der Waals surface area contributed by atoms with E-state index in [1.165, 1.54) is 16.0 Å². The van der Waals surface area contributed by atoms with Gasteiger partial charge in [0.1, 0.15) is 5.01 Å². The molecule has 0 spiro atoms. The molecule has 2 N–H and O–H groups in total. The predicted molar refractivity (Wildman–Crippen MR) is 88.1 cm³/mol. The third kappa shape index (κ3) is 2.79. The molecule has 0 amide bonds. The molecule has 2 aromatic rings. The molecule has 0 saturated carbocycles. The zero-order chi connectivity index (χ0) is 14.8. The maximum atomic E-state index is 6.47. The van der Waals surface area contributed by atoms with Gasteiger partial charge in [-0.1, -0.05) is 45.0 Å². The van der Waals surface area contributed by atoms with Gasteiger partial charge in [0.05, 0.1) is 11.2 Å². The monoisotopic (exact) mass is 288 g/mol. The SMILES string of the molecule is CCc1ccc(-c2nc(C(N)(CC)CC)sc2C)cc1. The first kappa shape index (κ1) is 15.2. The molecule has 108 valence electrons. The number of thiazole rings is 1. The second-order valence-corrected chi connectivity index (χ2v) is 6.54. The summed E-state index contributed by atoms with van der Waals surface area (Å²) >= 11 is 1.74. The minimum absolute atomic E-state index is 0.281. The van der Waals surface area contributed by atoms with Gasteiger partial charge >= 0.3 is 0 Å². The van der Waals surface area contributed by atoms with Crippen LogP contribution in [0.15, 0.2) is 24.3 Å². The quantitative estimate of drug-likeness (QED) is 0.869. The van der Waals surface area contributed by atoms with E-state index in [9.17, 15) is 0 Å². The molecular formula is C17H24N2S. The van der Waals surface area contributed by atoms with E-state index in [-0.39, 0.29) is 5.54 Å². The molecule has 2 rings (SSSR count). The number of hydrogen-bond donors (Lipinski definition) is 1. The van der Waals surface area contributed by atoms with Gasteiger partial charge < -0.3 is 5.73 Å². The Bertz CT molecular complexity index is 565. The molecular weight excluding hydrogens is 264 g/mol. The Morgan fingerprint density at radius 1 is 1.10 bits per heavy atom. The molecule has 0 saturated heterocycles. The predicted octanol–water partition coefficient (Wildman–Crippen LogP) is 4.65. The summed E-state index contributed by atoms with van der Waals surface area (Å²) in [6, 6.07) is 8.70. The summed E-state index contributed by atoms with van der Waals surface area (Å²) in [5, 5.41) is 1.06. The van der Waals surface area contributed by atoms with Gasteiger partial charge in [-0.25, -0.2) is 4.98 Å². The average molecular weight is 288 g/mol. The van der Waals surface area contributed by atoms with Crippen LogP contribution in [0.5, 0.6) is 0 Å². The van der Waals surface area contributed by atoms with E-state index in [1.807, 2.05) is 0 Å². The standard InChI is InChI=1S/C17H24N2S/c1-5-13-8-10-14(11-9-13)15-12(4)20-16(19-15)17(18,6-2)7-3/h8-11H,5-7,18H2,1-4H3. The Hall–Kier alpha value is -1.19. The largest absolute Gasteiger partial charge is 0.319 e. The van der Waals surface area contributed by atoms with Crippen molar-refractivity contribution in [3.8, 4) is 11.3 Å². The Balaban J connectivity index is 2.40. The smallest absolute Gasteiger partial charge is 0.113 e. The van der Waals surface area contributed by atoms with Crippen molar-refractivity contribution < 1.29 is 0 Å². The Labute approximate surface area is 126 Å². The summed E-state index contributed by atoms with van der Waals surface area (Å²) in [5.74, 6) is 0. The fourth-order valence-electron chi connectivity index (χ4n) is 2.33. The molecule has 0 fully saturated rings. The lowest BCUT2D eigenvalue weighted by molar-refractivity contribution is 0.411. The van der Waals surface area contributed by atoms with Crippen LogP contribution in [0.4, 0.5) is 0 Å². The molecule has 1 aromatic carbocycles. The highest BCUT2D eigenvalue weighted by Crippen LogP contribution is 2.35. The van der Waals surface area contributed by atoms with Crippen LogP contribution in [0.1, 0.15) is 49.1 Å². The summed E-state index contributed by atoms with van der Waals surface area (Å²) in [4.78, 5) is 6.09. The minimum Gasteiger partial charge on any atom is -0.319 e. The van der Waals surface area contributed by atoms with Gasteiger partial charge in [-0.3, -0.25) is 0 Å². The average Bonchev–Trinajstić information content (AvgIpc) is 2.89. The first-order valence-corrected chi connectivity index (χ1v) is 8.21. The minimum atomic E-state index is -0.281. The topological polar surface area (TPSA) is 38.9 Å². The molecule has 3 heteroatoms. The van der Waals surface area contributed by atoms with Crippen LogP contribution >= 0.6 is 11.3 Å². The molecule has 0 aliphatic carbocycles.